The van der Waals surface area contributed by atoms with Gasteiger partial charge in [-0.25, -0.2) is 9.18 Å². The van der Waals surface area contributed by atoms with Gasteiger partial charge in [-0.3, -0.25) is 4.79 Å². The summed E-state index contributed by atoms with van der Waals surface area (Å²) in [6.45, 7) is -1.18. The zero-order valence-electron chi connectivity index (χ0n) is 13.2. The molecule has 9 heteroatoms. The molecule has 0 aliphatic rings. The standard InChI is InChI=1S/C17H13F4NO4/c18-12-2-1-3-14(8-12)25-10-16(24)26-9-15(23)22-13-6-4-11(5-7-13)17(19,20)21/h1-8H,9-10H2,(H,22,23). The lowest BCUT2D eigenvalue weighted by molar-refractivity contribution is -0.149. The van der Waals surface area contributed by atoms with Gasteiger partial charge < -0.3 is 14.8 Å². The van der Waals surface area contributed by atoms with Gasteiger partial charge in [0.2, 0.25) is 0 Å². The second-order valence-electron chi connectivity index (χ2n) is 5.03. The first kappa shape index (κ1) is 19.2. The van der Waals surface area contributed by atoms with E-state index in [0.717, 1.165) is 30.3 Å². The van der Waals surface area contributed by atoms with Gasteiger partial charge in [0.15, 0.2) is 13.2 Å². The Kier molecular flexibility index (Phi) is 6.16. The molecule has 1 N–H and O–H groups in total. The van der Waals surface area contributed by atoms with E-state index in [1.54, 1.807) is 0 Å². The number of hydrogen-bond acceptors (Lipinski definition) is 4. The SMILES string of the molecule is O=C(COC(=O)COc1cccc(F)c1)Nc1ccc(C(F)(F)F)cc1. The Hall–Kier alpha value is -3.10. The van der Waals surface area contributed by atoms with Gasteiger partial charge in [-0.1, -0.05) is 6.07 Å². The predicted octanol–water partition coefficient (Wildman–Crippen LogP) is 3.41. The van der Waals surface area contributed by atoms with Crippen molar-refractivity contribution >= 4 is 17.6 Å². The summed E-state index contributed by atoms with van der Waals surface area (Å²) in [6, 6.07) is 8.90. The summed E-state index contributed by atoms with van der Waals surface area (Å²) in [5, 5.41) is 2.28. The predicted molar refractivity (Wildman–Crippen MR) is 82.9 cm³/mol. The van der Waals surface area contributed by atoms with E-state index in [1.165, 1.54) is 18.2 Å². The van der Waals surface area contributed by atoms with Crippen molar-refractivity contribution < 1.29 is 36.6 Å². The van der Waals surface area contributed by atoms with Crippen molar-refractivity contribution in [2.45, 2.75) is 6.18 Å². The highest BCUT2D eigenvalue weighted by atomic mass is 19.4. The Morgan fingerprint density at radius 2 is 1.69 bits per heavy atom. The van der Waals surface area contributed by atoms with Gasteiger partial charge in [0.25, 0.3) is 5.91 Å². The molecule has 0 aliphatic carbocycles. The number of anilines is 1. The Labute approximate surface area is 145 Å². The van der Waals surface area contributed by atoms with Crippen LogP contribution < -0.4 is 10.1 Å². The molecule has 0 unspecified atom stereocenters. The molecule has 2 rings (SSSR count). The van der Waals surface area contributed by atoms with E-state index in [1.807, 2.05) is 0 Å². The second-order valence-corrected chi connectivity index (χ2v) is 5.03. The van der Waals surface area contributed by atoms with Gasteiger partial charge in [-0.2, -0.15) is 13.2 Å². The molecule has 0 atom stereocenters. The number of halogens is 4. The minimum absolute atomic E-state index is 0.120. The summed E-state index contributed by atoms with van der Waals surface area (Å²) in [5.74, 6) is -2.01. The van der Waals surface area contributed by atoms with Crippen molar-refractivity contribution in [2.24, 2.45) is 0 Å². The number of amides is 1. The molecule has 0 aromatic heterocycles. The molecule has 0 heterocycles. The summed E-state index contributed by atoms with van der Waals surface area (Å²) >= 11 is 0. The third-order valence-electron chi connectivity index (χ3n) is 3.01. The highest BCUT2D eigenvalue weighted by Gasteiger charge is 2.29. The van der Waals surface area contributed by atoms with Crippen molar-refractivity contribution in [3.63, 3.8) is 0 Å². The molecule has 0 aliphatic heterocycles. The number of hydrogen-bond donors (Lipinski definition) is 1. The monoisotopic (exact) mass is 371 g/mol. The van der Waals surface area contributed by atoms with E-state index in [2.05, 4.69) is 10.1 Å². The third-order valence-corrected chi connectivity index (χ3v) is 3.01. The van der Waals surface area contributed by atoms with Gasteiger partial charge >= 0.3 is 12.1 Å². The lowest BCUT2D eigenvalue weighted by Crippen LogP contribution is -2.23. The average Bonchev–Trinajstić information content (AvgIpc) is 2.58. The van der Waals surface area contributed by atoms with Crippen molar-refractivity contribution in [2.75, 3.05) is 18.5 Å². The number of nitrogens with one attached hydrogen (secondary N) is 1. The van der Waals surface area contributed by atoms with Crippen molar-refractivity contribution in [3.05, 3.63) is 59.9 Å². The smallest absolute Gasteiger partial charge is 0.416 e. The van der Waals surface area contributed by atoms with Gasteiger partial charge in [0.1, 0.15) is 11.6 Å². The highest BCUT2D eigenvalue weighted by molar-refractivity contribution is 5.92. The normalized spacial score (nSPS) is 10.9. The maximum Gasteiger partial charge on any atom is 0.416 e. The number of alkyl halides is 3. The highest BCUT2D eigenvalue weighted by Crippen LogP contribution is 2.29. The zero-order valence-corrected chi connectivity index (χ0v) is 13.2. The minimum Gasteiger partial charge on any atom is -0.482 e. The fraction of sp³-hybridized carbons (Fsp3) is 0.176. The van der Waals surface area contributed by atoms with Crippen LogP contribution in [-0.4, -0.2) is 25.1 Å². The maximum atomic E-state index is 12.9. The number of ether oxygens (including phenoxy) is 2. The van der Waals surface area contributed by atoms with E-state index in [-0.39, 0.29) is 11.4 Å². The largest absolute Gasteiger partial charge is 0.482 e. The molecule has 2 aromatic carbocycles. The van der Waals surface area contributed by atoms with E-state index >= 15 is 0 Å². The van der Waals surface area contributed by atoms with Crippen LogP contribution in [0.15, 0.2) is 48.5 Å². The summed E-state index contributed by atoms with van der Waals surface area (Å²) in [7, 11) is 0. The molecule has 0 saturated carbocycles. The molecule has 0 radical (unpaired) electrons. The molecule has 0 fully saturated rings. The van der Waals surface area contributed by atoms with Gasteiger partial charge in [0, 0.05) is 11.8 Å². The quantitative estimate of drug-likeness (QED) is 0.624. The first-order chi connectivity index (χ1) is 12.2. The van der Waals surface area contributed by atoms with Crippen LogP contribution in [0.1, 0.15) is 5.56 Å². The maximum absolute atomic E-state index is 12.9. The van der Waals surface area contributed by atoms with E-state index < -0.39 is 42.6 Å². The first-order valence-electron chi connectivity index (χ1n) is 7.25. The zero-order chi connectivity index (χ0) is 19.2. The number of carbonyl (C=O) groups is 2. The topological polar surface area (TPSA) is 64.6 Å². The summed E-state index contributed by atoms with van der Waals surface area (Å²) < 4.78 is 59.9. The number of rotatable bonds is 6. The molecule has 5 nitrogen and oxygen atoms in total. The molecule has 2 aromatic rings. The lowest BCUT2D eigenvalue weighted by Gasteiger charge is -2.09. The van der Waals surface area contributed by atoms with Crippen LogP contribution in [0.5, 0.6) is 5.75 Å². The molecular formula is C17H13F4NO4. The fourth-order valence-corrected chi connectivity index (χ4v) is 1.83. The van der Waals surface area contributed by atoms with Crippen LogP contribution >= 0.6 is 0 Å². The van der Waals surface area contributed by atoms with Gasteiger partial charge in [-0.15, -0.1) is 0 Å². The van der Waals surface area contributed by atoms with Crippen molar-refractivity contribution in [1.29, 1.82) is 0 Å². The van der Waals surface area contributed by atoms with E-state index in [0.29, 0.717) is 0 Å². The second kappa shape index (κ2) is 8.32. The van der Waals surface area contributed by atoms with Crippen LogP contribution in [0.2, 0.25) is 0 Å². The average molecular weight is 371 g/mol. The number of esters is 1. The van der Waals surface area contributed by atoms with Crippen LogP contribution in [0.4, 0.5) is 23.2 Å². The van der Waals surface area contributed by atoms with Gasteiger partial charge in [-0.05, 0) is 36.4 Å². The van der Waals surface area contributed by atoms with Crippen LogP contribution in [0.3, 0.4) is 0 Å². The first-order valence-corrected chi connectivity index (χ1v) is 7.25. The number of carbonyl (C=O) groups excluding carboxylic acids is 2. The lowest BCUT2D eigenvalue weighted by atomic mass is 10.2. The van der Waals surface area contributed by atoms with Gasteiger partial charge in [0.05, 0.1) is 5.56 Å². The Bertz CT molecular complexity index is 775. The minimum atomic E-state index is -4.47. The molecular weight excluding hydrogens is 358 g/mol. The Morgan fingerprint density at radius 1 is 1.00 bits per heavy atom. The third kappa shape index (κ3) is 6.08. The molecule has 138 valence electrons. The summed E-state index contributed by atoms with van der Waals surface area (Å²) in [4.78, 5) is 23.1. The molecule has 0 saturated heterocycles. The Balaban J connectivity index is 1.75. The van der Waals surface area contributed by atoms with Crippen LogP contribution in [-0.2, 0) is 20.5 Å². The van der Waals surface area contributed by atoms with Crippen molar-refractivity contribution in [1.82, 2.24) is 0 Å². The molecule has 0 spiro atoms. The van der Waals surface area contributed by atoms with E-state index in [9.17, 15) is 27.2 Å². The summed E-state index contributed by atoms with van der Waals surface area (Å²) in [5.41, 5.74) is -0.730. The molecule has 1 amide bonds. The van der Waals surface area contributed by atoms with Crippen LogP contribution in [0.25, 0.3) is 0 Å². The van der Waals surface area contributed by atoms with Crippen LogP contribution in [0, 0.1) is 5.82 Å². The molecule has 0 bridgehead atoms. The molecule has 26 heavy (non-hydrogen) atoms. The summed E-state index contributed by atoms with van der Waals surface area (Å²) in [6.07, 6.45) is -4.47. The fourth-order valence-electron chi connectivity index (χ4n) is 1.83. The number of benzene rings is 2. The Morgan fingerprint density at radius 3 is 2.31 bits per heavy atom. The van der Waals surface area contributed by atoms with Crippen molar-refractivity contribution in [3.8, 4) is 5.75 Å². The van der Waals surface area contributed by atoms with E-state index in [4.69, 9.17) is 4.74 Å².